The fourth-order valence-electron chi connectivity index (χ4n) is 3.69. The maximum absolute atomic E-state index is 12.6. The second kappa shape index (κ2) is 6.02. The summed E-state index contributed by atoms with van der Waals surface area (Å²) in [5, 5.41) is 2.26. The highest BCUT2D eigenvalue weighted by molar-refractivity contribution is 7.92. The Morgan fingerprint density at radius 1 is 1.25 bits per heavy atom. The van der Waals surface area contributed by atoms with Crippen LogP contribution in [0.5, 0.6) is 0 Å². The molecule has 1 saturated carbocycles. The van der Waals surface area contributed by atoms with Gasteiger partial charge in [-0.25, -0.2) is 13.2 Å². The molecule has 0 aromatic heterocycles. The smallest absolute Gasteiger partial charge is 0.325 e. The average molecular weight is 357 g/mol. The molecule has 0 aromatic rings. The summed E-state index contributed by atoms with van der Waals surface area (Å²) in [5.41, 5.74) is -0.825. The highest BCUT2D eigenvalue weighted by Crippen LogP contribution is 2.35. The molecule has 0 bridgehead atoms. The minimum absolute atomic E-state index is 0.0794. The fraction of sp³-hybridized carbons (Fsp3) is 0.800. The summed E-state index contributed by atoms with van der Waals surface area (Å²) in [5.74, 6) is -0.781. The molecular formula is C15H23N3O5S. The van der Waals surface area contributed by atoms with Gasteiger partial charge in [0.25, 0.3) is 5.91 Å². The number of hydrogen-bond acceptors (Lipinski definition) is 5. The van der Waals surface area contributed by atoms with E-state index in [1.807, 2.05) is 0 Å². The molecule has 0 aromatic carbocycles. The van der Waals surface area contributed by atoms with Crippen LogP contribution in [-0.2, 0) is 19.4 Å². The second-order valence-corrected chi connectivity index (χ2v) is 9.50. The van der Waals surface area contributed by atoms with Crippen molar-refractivity contribution < 1.29 is 22.8 Å². The molecule has 24 heavy (non-hydrogen) atoms. The lowest BCUT2D eigenvalue weighted by Crippen LogP contribution is -2.46. The van der Waals surface area contributed by atoms with Crippen molar-refractivity contribution in [1.82, 2.24) is 15.1 Å². The molecule has 1 N–H and O–H groups in total. The Balaban J connectivity index is 1.67. The van der Waals surface area contributed by atoms with Crippen molar-refractivity contribution in [2.75, 3.05) is 25.4 Å². The van der Waals surface area contributed by atoms with E-state index in [-0.39, 0.29) is 30.7 Å². The summed E-state index contributed by atoms with van der Waals surface area (Å²) in [7, 11) is -3.19. The number of sulfone groups is 1. The first-order valence-corrected chi connectivity index (χ1v) is 10.1. The van der Waals surface area contributed by atoms with Crippen LogP contribution >= 0.6 is 0 Å². The number of nitrogens with zero attached hydrogens (tertiary/aromatic N) is 2. The molecule has 1 atom stereocenters. The summed E-state index contributed by atoms with van der Waals surface area (Å²) >= 11 is 0. The van der Waals surface area contributed by atoms with E-state index in [2.05, 4.69) is 5.32 Å². The van der Waals surface area contributed by atoms with Gasteiger partial charge in [-0.05, 0) is 26.2 Å². The molecule has 134 valence electrons. The van der Waals surface area contributed by atoms with Crippen molar-refractivity contribution >= 4 is 27.7 Å². The Hall–Kier alpha value is -1.64. The van der Waals surface area contributed by atoms with Gasteiger partial charge in [0, 0.05) is 13.1 Å². The molecule has 1 spiro atoms. The predicted molar refractivity (Wildman–Crippen MR) is 85.9 cm³/mol. The standard InChI is InChI=1S/C15H23N3O5S/c1-11-4-7-17(8-9-24(11,22)23)12(19)10-18-13(20)15(16-14(18)21)5-2-3-6-15/h11H,2-10H2,1H3,(H,16,21). The van der Waals surface area contributed by atoms with Crippen LogP contribution in [-0.4, -0.2) is 72.2 Å². The number of hydrogen-bond donors (Lipinski definition) is 1. The van der Waals surface area contributed by atoms with Gasteiger partial charge in [-0.1, -0.05) is 12.8 Å². The largest absolute Gasteiger partial charge is 0.340 e. The zero-order valence-corrected chi connectivity index (χ0v) is 14.6. The van der Waals surface area contributed by atoms with Crippen LogP contribution in [0.3, 0.4) is 0 Å². The third-order valence-corrected chi connectivity index (χ3v) is 7.63. The van der Waals surface area contributed by atoms with Crippen molar-refractivity contribution in [2.45, 2.75) is 49.8 Å². The van der Waals surface area contributed by atoms with Crippen LogP contribution in [0.15, 0.2) is 0 Å². The quantitative estimate of drug-likeness (QED) is 0.694. The summed E-state index contributed by atoms with van der Waals surface area (Å²) < 4.78 is 23.8. The lowest BCUT2D eigenvalue weighted by Gasteiger charge is -2.23. The molecule has 1 unspecified atom stereocenters. The van der Waals surface area contributed by atoms with Crippen molar-refractivity contribution in [1.29, 1.82) is 0 Å². The number of nitrogens with one attached hydrogen (secondary N) is 1. The molecule has 4 amide bonds. The lowest BCUT2D eigenvalue weighted by molar-refractivity contribution is -0.138. The molecule has 3 fully saturated rings. The van der Waals surface area contributed by atoms with Gasteiger partial charge >= 0.3 is 6.03 Å². The zero-order chi connectivity index (χ0) is 17.5. The SMILES string of the molecule is CC1CCN(C(=O)CN2C(=O)NC3(CCCC3)C2=O)CCS1(=O)=O. The Bertz CT molecular complexity index is 669. The van der Waals surface area contributed by atoms with E-state index in [4.69, 9.17) is 0 Å². The molecule has 9 heteroatoms. The van der Waals surface area contributed by atoms with E-state index in [9.17, 15) is 22.8 Å². The highest BCUT2D eigenvalue weighted by Gasteiger charge is 2.52. The summed E-state index contributed by atoms with van der Waals surface area (Å²) in [4.78, 5) is 39.6. The van der Waals surface area contributed by atoms with Crippen LogP contribution in [0.1, 0.15) is 39.0 Å². The predicted octanol–water partition coefficient (Wildman–Crippen LogP) is -0.113. The Kier molecular flexibility index (Phi) is 4.31. The maximum Gasteiger partial charge on any atom is 0.325 e. The topological polar surface area (TPSA) is 104 Å². The third kappa shape index (κ3) is 2.89. The molecule has 1 aliphatic carbocycles. The molecule has 2 heterocycles. The van der Waals surface area contributed by atoms with E-state index in [0.29, 0.717) is 25.8 Å². The molecule has 2 aliphatic heterocycles. The fourth-order valence-corrected chi connectivity index (χ4v) is 5.03. The van der Waals surface area contributed by atoms with Gasteiger partial charge in [0.15, 0.2) is 9.84 Å². The van der Waals surface area contributed by atoms with E-state index in [1.165, 1.54) is 4.90 Å². The minimum Gasteiger partial charge on any atom is -0.340 e. The van der Waals surface area contributed by atoms with E-state index >= 15 is 0 Å². The van der Waals surface area contributed by atoms with Crippen LogP contribution < -0.4 is 5.32 Å². The van der Waals surface area contributed by atoms with Crippen molar-refractivity contribution in [3.05, 3.63) is 0 Å². The molecule has 0 radical (unpaired) electrons. The number of amides is 4. The molecule has 2 saturated heterocycles. The van der Waals surface area contributed by atoms with Crippen LogP contribution in [0.4, 0.5) is 4.79 Å². The second-order valence-electron chi connectivity index (χ2n) is 6.96. The van der Waals surface area contributed by atoms with Gasteiger partial charge < -0.3 is 10.2 Å². The van der Waals surface area contributed by atoms with Crippen molar-refractivity contribution in [3.8, 4) is 0 Å². The third-order valence-electron chi connectivity index (χ3n) is 5.41. The van der Waals surface area contributed by atoms with E-state index in [1.54, 1.807) is 6.92 Å². The summed E-state index contributed by atoms with van der Waals surface area (Å²) in [6, 6.07) is -0.522. The summed E-state index contributed by atoms with van der Waals surface area (Å²) in [6.07, 6.45) is 3.37. The van der Waals surface area contributed by atoms with Crippen LogP contribution in [0.2, 0.25) is 0 Å². The monoisotopic (exact) mass is 357 g/mol. The number of imide groups is 1. The normalized spacial score (nSPS) is 29.0. The van der Waals surface area contributed by atoms with Gasteiger partial charge in [-0.15, -0.1) is 0 Å². The molecule has 3 aliphatic rings. The first-order chi connectivity index (χ1) is 11.3. The van der Waals surface area contributed by atoms with Crippen LogP contribution in [0.25, 0.3) is 0 Å². The Morgan fingerprint density at radius 3 is 2.58 bits per heavy atom. The first kappa shape index (κ1) is 17.2. The van der Waals surface area contributed by atoms with Gasteiger partial charge in [0.1, 0.15) is 12.1 Å². The Labute approximate surface area is 141 Å². The van der Waals surface area contributed by atoms with Crippen LogP contribution in [0, 0.1) is 0 Å². The molecule has 3 rings (SSSR count). The zero-order valence-electron chi connectivity index (χ0n) is 13.8. The van der Waals surface area contributed by atoms with Crippen molar-refractivity contribution in [3.63, 3.8) is 0 Å². The number of carbonyl (C=O) groups is 3. The average Bonchev–Trinajstić information content (AvgIpc) is 3.04. The number of carbonyl (C=O) groups excluding carboxylic acids is 3. The molecule has 8 nitrogen and oxygen atoms in total. The summed E-state index contributed by atoms with van der Waals surface area (Å²) in [6.45, 7) is 1.76. The maximum atomic E-state index is 12.6. The number of rotatable bonds is 2. The lowest BCUT2D eigenvalue weighted by atomic mass is 9.98. The Morgan fingerprint density at radius 2 is 1.92 bits per heavy atom. The number of urea groups is 1. The molecular weight excluding hydrogens is 334 g/mol. The van der Waals surface area contributed by atoms with E-state index in [0.717, 1.165) is 17.7 Å². The van der Waals surface area contributed by atoms with Gasteiger partial charge in [-0.3, -0.25) is 14.5 Å². The van der Waals surface area contributed by atoms with E-state index < -0.39 is 26.7 Å². The van der Waals surface area contributed by atoms with Crippen molar-refractivity contribution in [2.24, 2.45) is 0 Å². The van der Waals surface area contributed by atoms with Gasteiger partial charge in [0.2, 0.25) is 5.91 Å². The van der Waals surface area contributed by atoms with Gasteiger partial charge in [0.05, 0.1) is 11.0 Å². The first-order valence-electron chi connectivity index (χ1n) is 8.39. The van der Waals surface area contributed by atoms with Gasteiger partial charge in [-0.2, -0.15) is 0 Å². The minimum atomic E-state index is -3.19. The highest BCUT2D eigenvalue weighted by atomic mass is 32.2.